The highest BCUT2D eigenvalue weighted by molar-refractivity contribution is 6.34. The highest BCUT2D eigenvalue weighted by atomic mass is 35.5. The van der Waals surface area contributed by atoms with Crippen LogP contribution in [-0.2, 0) is 0 Å². The van der Waals surface area contributed by atoms with Crippen molar-refractivity contribution in [2.24, 2.45) is 0 Å². The van der Waals surface area contributed by atoms with E-state index in [0.717, 1.165) is 18.4 Å². The molecule has 0 amide bonds. The molecule has 0 radical (unpaired) electrons. The minimum Gasteiger partial charge on any atom is -0.449 e. The number of benzene rings is 2. The number of carboxylic acid groups (broad SMARTS) is 1. The lowest BCUT2D eigenvalue weighted by Gasteiger charge is -2.36. The molecule has 2 heterocycles. The van der Waals surface area contributed by atoms with Crippen LogP contribution in [0.25, 0.3) is 10.9 Å². The minimum absolute atomic E-state index is 0.00230. The summed E-state index contributed by atoms with van der Waals surface area (Å²) in [6, 6.07) is 9.62. The zero-order valence-electron chi connectivity index (χ0n) is 18.0. The van der Waals surface area contributed by atoms with Crippen molar-refractivity contribution < 1.29 is 19.0 Å². The summed E-state index contributed by atoms with van der Waals surface area (Å²) in [5.41, 5.74) is 1.95. The fraction of sp³-hybridized carbons (Fsp3) is 0.333. The predicted octanol–water partition coefficient (Wildman–Crippen LogP) is 4.65. The molecule has 0 bridgehead atoms. The number of piperazine rings is 1. The molecule has 172 valence electrons. The van der Waals surface area contributed by atoms with Crippen molar-refractivity contribution >= 4 is 34.3 Å². The minimum atomic E-state index is -1.60. The SMILES string of the molecule is Cc1ccc(C2CN(c3c(Cl)cc4c(=O)c(OC(=O)O)cn(C5CC5)c4c3F)CCN2)cc1. The molecule has 7 nitrogen and oxygen atoms in total. The lowest BCUT2D eigenvalue weighted by molar-refractivity contribution is 0.143. The Morgan fingerprint density at radius 1 is 1.27 bits per heavy atom. The zero-order chi connectivity index (χ0) is 23.3. The number of hydrogen-bond acceptors (Lipinski definition) is 5. The second kappa shape index (κ2) is 8.35. The van der Waals surface area contributed by atoms with Crippen LogP contribution in [0.15, 0.2) is 41.3 Å². The number of nitrogens with one attached hydrogen (secondary N) is 1. The number of nitrogens with zero attached hydrogens (tertiary/aromatic N) is 2. The van der Waals surface area contributed by atoms with Crippen LogP contribution in [0.2, 0.25) is 5.02 Å². The maximum atomic E-state index is 16.1. The largest absolute Gasteiger partial charge is 0.511 e. The van der Waals surface area contributed by atoms with Crippen LogP contribution in [0.5, 0.6) is 5.75 Å². The summed E-state index contributed by atoms with van der Waals surface area (Å²) in [5, 5.41) is 12.6. The number of aromatic nitrogens is 1. The van der Waals surface area contributed by atoms with E-state index in [-0.39, 0.29) is 39.4 Å². The molecule has 1 saturated carbocycles. The maximum absolute atomic E-state index is 16.1. The highest BCUT2D eigenvalue weighted by Crippen LogP contribution is 2.42. The summed E-state index contributed by atoms with van der Waals surface area (Å²) in [5.74, 6) is -0.931. The second-order valence-electron chi connectivity index (χ2n) is 8.61. The topological polar surface area (TPSA) is 83.8 Å². The third-order valence-electron chi connectivity index (χ3n) is 6.26. The number of pyridine rings is 1. The van der Waals surface area contributed by atoms with Crippen molar-refractivity contribution in [3.63, 3.8) is 0 Å². The van der Waals surface area contributed by atoms with Crippen LogP contribution in [-0.4, -0.2) is 35.5 Å². The average Bonchev–Trinajstić information content (AvgIpc) is 3.62. The Hall–Kier alpha value is -3.10. The Morgan fingerprint density at radius 2 is 2.00 bits per heavy atom. The third kappa shape index (κ3) is 4.05. The number of carbonyl (C=O) groups is 1. The van der Waals surface area contributed by atoms with E-state index in [4.69, 9.17) is 16.7 Å². The number of rotatable bonds is 4. The van der Waals surface area contributed by atoms with Gasteiger partial charge in [0.25, 0.3) is 0 Å². The van der Waals surface area contributed by atoms with Crippen LogP contribution >= 0.6 is 11.6 Å². The molecule has 1 unspecified atom stereocenters. The Bertz CT molecular complexity index is 1300. The lowest BCUT2D eigenvalue weighted by Crippen LogP contribution is -2.46. The van der Waals surface area contributed by atoms with Gasteiger partial charge in [0.2, 0.25) is 5.43 Å². The number of halogens is 2. The molecule has 1 aliphatic carbocycles. The van der Waals surface area contributed by atoms with Crippen LogP contribution < -0.4 is 20.4 Å². The normalized spacial score (nSPS) is 18.5. The summed E-state index contributed by atoms with van der Waals surface area (Å²) in [4.78, 5) is 25.8. The van der Waals surface area contributed by atoms with Crippen molar-refractivity contribution in [2.45, 2.75) is 31.8 Å². The summed E-state index contributed by atoms with van der Waals surface area (Å²) >= 11 is 6.53. The van der Waals surface area contributed by atoms with Gasteiger partial charge in [0.1, 0.15) is 0 Å². The third-order valence-corrected chi connectivity index (χ3v) is 6.55. The van der Waals surface area contributed by atoms with E-state index >= 15 is 4.39 Å². The van der Waals surface area contributed by atoms with Crippen molar-refractivity contribution in [2.75, 3.05) is 24.5 Å². The molecule has 2 aromatic carbocycles. The van der Waals surface area contributed by atoms with E-state index in [1.54, 1.807) is 4.57 Å². The number of fused-ring (bicyclic) bond motifs is 1. The van der Waals surface area contributed by atoms with Gasteiger partial charge in [-0.2, -0.15) is 0 Å². The molecule has 1 aromatic heterocycles. The monoisotopic (exact) mass is 471 g/mol. The Labute approximate surface area is 194 Å². The van der Waals surface area contributed by atoms with Gasteiger partial charge in [-0.3, -0.25) is 4.79 Å². The summed E-state index contributed by atoms with van der Waals surface area (Å²) in [7, 11) is 0. The van der Waals surface area contributed by atoms with E-state index in [0.29, 0.717) is 19.6 Å². The zero-order valence-corrected chi connectivity index (χ0v) is 18.7. The first-order valence-electron chi connectivity index (χ1n) is 10.9. The molecule has 2 N–H and O–H groups in total. The summed E-state index contributed by atoms with van der Waals surface area (Å²) in [6.07, 6.45) is 1.32. The number of anilines is 1. The first-order chi connectivity index (χ1) is 15.8. The van der Waals surface area contributed by atoms with Gasteiger partial charge in [-0.25, -0.2) is 9.18 Å². The van der Waals surface area contributed by atoms with E-state index in [1.165, 1.54) is 17.8 Å². The van der Waals surface area contributed by atoms with Crippen molar-refractivity contribution in [3.05, 3.63) is 68.7 Å². The van der Waals surface area contributed by atoms with E-state index in [9.17, 15) is 9.59 Å². The number of hydrogen-bond donors (Lipinski definition) is 2. The van der Waals surface area contributed by atoms with E-state index in [2.05, 4.69) is 22.2 Å². The molecular weight excluding hydrogens is 449 g/mol. The van der Waals surface area contributed by atoms with Gasteiger partial charge >= 0.3 is 6.16 Å². The molecule has 1 atom stereocenters. The Morgan fingerprint density at radius 3 is 2.67 bits per heavy atom. The molecule has 1 aliphatic heterocycles. The fourth-order valence-corrected chi connectivity index (χ4v) is 4.79. The first-order valence-corrected chi connectivity index (χ1v) is 11.2. The quantitative estimate of drug-likeness (QED) is 0.539. The Kier molecular flexibility index (Phi) is 5.50. The average molecular weight is 472 g/mol. The van der Waals surface area contributed by atoms with Crippen molar-refractivity contribution in [1.82, 2.24) is 9.88 Å². The van der Waals surface area contributed by atoms with Gasteiger partial charge in [0.15, 0.2) is 11.6 Å². The van der Waals surface area contributed by atoms with Crippen LogP contribution in [0.4, 0.5) is 14.9 Å². The van der Waals surface area contributed by atoms with Crippen LogP contribution in [0, 0.1) is 12.7 Å². The lowest BCUT2D eigenvalue weighted by atomic mass is 10.0. The smallest absolute Gasteiger partial charge is 0.449 e. The number of aryl methyl sites for hydroxylation is 1. The van der Waals surface area contributed by atoms with Gasteiger partial charge in [-0.05, 0) is 31.4 Å². The number of ether oxygens (including phenoxy) is 1. The predicted molar refractivity (Wildman–Crippen MR) is 124 cm³/mol. The molecular formula is C24H23ClFN3O4. The van der Waals surface area contributed by atoms with E-state index in [1.807, 2.05) is 24.0 Å². The van der Waals surface area contributed by atoms with Crippen molar-refractivity contribution in [3.8, 4) is 5.75 Å². The molecule has 9 heteroatoms. The van der Waals surface area contributed by atoms with Gasteiger partial charge in [0.05, 0.1) is 27.8 Å². The van der Waals surface area contributed by atoms with Gasteiger partial charge in [0, 0.05) is 31.7 Å². The molecule has 1 saturated heterocycles. The molecule has 5 rings (SSSR count). The fourth-order valence-electron chi connectivity index (χ4n) is 4.48. The van der Waals surface area contributed by atoms with Gasteiger partial charge < -0.3 is 24.6 Å². The van der Waals surface area contributed by atoms with Crippen LogP contribution in [0.3, 0.4) is 0 Å². The van der Waals surface area contributed by atoms with Crippen LogP contribution in [0.1, 0.15) is 36.1 Å². The standard InChI is InChI=1S/C24H23ClFN3O4/c1-13-2-4-14(5-3-13)18-11-28(9-8-27-18)22-17(25)10-16-21(20(22)26)29(15-6-7-15)12-19(23(16)30)33-24(31)32/h2-5,10,12,15,18,27H,6-9,11H2,1H3,(H,31,32). The highest BCUT2D eigenvalue weighted by Gasteiger charge is 2.31. The molecule has 33 heavy (non-hydrogen) atoms. The molecule has 3 aromatic rings. The molecule has 0 spiro atoms. The summed E-state index contributed by atoms with van der Waals surface area (Å²) in [6.45, 7) is 3.74. The first kappa shape index (κ1) is 21.7. The molecule has 2 aliphatic rings. The molecule has 2 fully saturated rings. The Balaban J connectivity index is 1.60. The summed E-state index contributed by atoms with van der Waals surface area (Å²) < 4.78 is 22.3. The maximum Gasteiger partial charge on any atom is 0.511 e. The van der Waals surface area contributed by atoms with Crippen molar-refractivity contribution in [1.29, 1.82) is 0 Å². The van der Waals surface area contributed by atoms with E-state index < -0.39 is 17.4 Å². The van der Waals surface area contributed by atoms with Gasteiger partial charge in [-0.1, -0.05) is 41.4 Å². The van der Waals surface area contributed by atoms with Gasteiger partial charge in [-0.15, -0.1) is 0 Å². The second-order valence-corrected chi connectivity index (χ2v) is 9.02.